The van der Waals surface area contributed by atoms with E-state index in [4.69, 9.17) is 4.74 Å². The molecule has 1 N–H and O–H groups in total. The molecule has 124 valence electrons. The van der Waals surface area contributed by atoms with Crippen LogP contribution in [0.3, 0.4) is 0 Å². The van der Waals surface area contributed by atoms with Crippen LogP contribution in [0.25, 0.3) is 0 Å². The number of carbonyl (C=O) groups excluding carboxylic acids is 1. The van der Waals surface area contributed by atoms with Gasteiger partial charge in [0.15, 0.2) is 6.29 Å². The second-order valence-corrected chi connectivity index (χ2v) is 6.72. The van der Waals surface area contributed by atoms with E-state index in [1.807, 2.05) is 27.7 Å². The number of aliphatic hydroxyl groups excluding tert-OH is 1. The van der Waals surface area contributed by atoms with Crippen molar-refractivity contribution in [2.75, 3.05) is 20.2 Å². The van der Waals surface area contributed by atoms with E-state index in [0.717, 1.165) is 0 Å². The van der Waals surface area contributed by atoms with Gasteiger partial charge in [-0.25, -0.2) is 4.39 Å². The van der Waals surface area contributed by atoms with Crippen LogP contribution in [0.1, 0.15) is 40.5 Å². The molecule has 1 amide bonds. The van der Waals surface area contributed by atoms with Crippen molar-refractivity contribution >= 4 is 5.91 Å². The summed E-state index contributed by atoms with van der Waals surface area (Å²) in [5.74, 6) is 0.232. The predicted molar refractivity (Wildman–Crippen MR) is 80.4 cm³/mol. The molecule has 0 aliphatic carbocycles. The molecule has 1 aliphatic heterocycles. The van der Waals surface area contributed by atoms with Crippen LogP contribution < -0.4 is 0 Å². The Kier molecular flexibility index (Phi) is 7.07. The van der Waals surface area contributed by atoms with E-state index in [1.165, 1.54) is 7.11 Å². The Labute approximate surface area is 127 Å². The van der Waals surface area contributed by atoms with Gasteiger partial charge in [0.1, 0.15) is 6.17 Å². The quantitative estimate of drug-likeness (QED) is 0.735. The third kappa shape index (κ3) is 4.92. The fourth-order valence-electron chi connectivity index (χ4n) is 2.92. The number of likely N-dealkylation sites (tertiary alicyclic amines) is 1. The van der Waals surface area contributed by atoms with Gasteiger partial charge in [-0.2, -0.15) is 0 Å². The summed E-state index contributed by atoms with van der Waals surface area (Å²) in [6.07, 6.45) is -0.561. The molecular formula is C16H30FNO3. The van der Waals surface area contributed by atoms with Gasteiger partial charge in [-0.05, 0) is 24.7 Å². The van der Waals surface area contributed by atoms with Gasteiger partial charge in [0.25, 0.3) is 0 Å². The second-order valence-electron chi connectivity index (χ2n) is 6.72. The average molecular weight is 303 g/mol. The van der Waals surface area contributed by atoms with Crippen LogP contribution in [0, 0.1) is 23.7 Å². The predicted octanol–water partition coefficient (Wildman–Crippen LogP) is 2.46. The molecule has 1 fully saturated rings. The van der Waals surface area contributed by atoms with Gasteiger partial charge in [-0.1, -0.05) is 27.7 Å². The maximum absolute atomic E-state index is 13.3. The molecule has 5 atom stereocenters. The van der Waals surface area contributed by atoms with E-state index in [0.29, 0.717) is 19.4 Å². The third-order valence-corrected chi connectivity index (χ3v) is 4.78. The van der Waals surface area contributed by atoms with Crippen LogP contribution in [0.5, 0.6) is 0 Å². The fourth-order valence-corrected chi connectivity index (χ4v) is 2.92. The van der Waals surface area contributed by atoms with Crippen LogP contribution in [0.2, 0.25) is 0 Å². The van der Waals surface area contributed by atoms with Crippen molar-refractivity contribution in [3.63, 3.8) is 0 Å². The van der Waals surface area contributed by atoms with Gasteiger partial charge in [-0.3, -0.25) is 4.79 Å². The van der Waals surface area contributed by atoms with Crippen molar-refractivity contribution in [3.8, 4) is 0 Å². The normalized spacial score (nSPS) is 25.0. The average Bonchev–Trinajstić information content (AvgIpc) is 2.88. The standard InChI is InChI=1S/C16H30FNO3/c1-10(2)14(8-11(3)12(4)16(20)21-5)15(19)18-7-6-13(17)9-18/h10-14,16,20H,6-9H2,1-5H3. The number of hydrogen-bond donors (Lipinski definition) is 1. The summed E-state index contributed by atoms with van der Waals surface area (Å²) in [6, 6.07) is 0. The number of aliphatic hydroxyl groups is 1. The zero-order valence-corrected chi connectivity index (χ0v) is 13.9. The maximum Gasteiger partial charge on any atom is 0.226 e. The largest absolute Gasteiger partial charge is 0.368 e. The maximum atomic E-state index is 13.3. The molecule has 21 heavy (non-hydrogen) atoms. The molecule has 1 heterocycles. The highest BCUT2D eigenvalue weighted by Gasteiger charge is 2.34. The zero-order chi connectivity index (χ0) is 16.2. The number of methoxy groups -OCH3 is 1. The highest BCUT2D eigenvalue weighted by molar-refractivity contribution is 5.79. The fraction of sp³-hybridized carbons (Fsp3) is 0.938. The van der Waals surface area contributed by atoms with Crippen molar-refractivity contribution in [3.05, 3.63) is 0 Å². The molecule has 4 nitrogen and oxygen atoms in total. The lowest BCUT2D eigenvalue weighted by molar-refractivity contribution is -0.140. The first-order valence-corrected chi connectivity index (χ1v) is 7.91. The van der Waals surface area contributed by atoms with E-state index in [9.17, 15) is 14.3 Å². The van der Waals surface area contributed by atoms with E-state index in [-0.39, 0.29) is 36.1 Å². The van der Waals surface area contributed by atoms with Gasteiger partial charge < -0.3 is 14.7 Å². The number of nitrogens with zero attached hydrogens (tertiary/aromatic N) is 1. The number of rotatable bonds is 7. The number of alkyl halides is 1. The molecule has 5 heteroatoms. The van der Waals surface area contributed by atoms with E-state index in [1.54, 1.807) is 4.90 Å². The highest BCUT2D eigenvalue weighted by atomic mass is 19.1. The highest BCUT2D eigenvalue weighted by Crippen LogP contribution is 2.29. The van der Waals surface area contributed by atoms with Gasteiger partial charge in [-0.15, -0.1) is 0 Å². The Hall–Kier alpha value is -0.680. The van der Waals surface area contributed by atoms with E-state index in [2.05, 4.69) is 0 Å². The minimum atomic E-state index is -0.881. The van der Waals surface area contributed by atoms with Gasteiger partial charge >= 0.3 is 0 Å². The molecule has 1 rings (SSSR count). The zero-order valence-electron chi connectivity index (χ0n) is 13.9. The first-order chi connectivity index (χ1) is 9.77. The lowest BCUT2D eigenvalue weighted by Crippen LogP contribution is -2.39. The van der Waals surface area contributed by atoms with Crippen molar-refractivity contribution < 1.29 is 19.0 Å². The van der Waals surface area contributed by atoms with Crippen LogP contribution in [-0.2, 0) is 9.53 Å². The number of ether oxygens (including phenoxy) is 1. The molecule has 1 aliphatic rings. The molecular weight excluding hydrogens is 273 g/mol. The van der Waals surface area contributed by atoms with E-state index >= 15 is 0 Å². The Morgan fingerprint density at radius 3 is 2.43 bits per heavy atom. The van der Waals surface area contributed by atoms with Crippen LogP contribution in [0.15, 0.2) is 0 Å². The van der Waals surface area contributed by atoms with Crippen molar-refractivity contribution in [2.45, 2.75) is 53.0 Å². The summed E-state index contributed by atoms with van der Waals surface area (Å²) in [4.78, 5) is 14.2. The Bertz CT molecular complexity index is 337. The molecule has 5 unspecified atom stereocenters. The van der Waals surface area contributed by atoms with Crippen LogP contribution in [-0.4, -0.2) is 48.6 Å². The van der Waals surface area contributed by atoms with Crippen LogP contribution in [0.4, 0.5) is 4.39 Å². The number of hydrogen-bond acceptors (Lipinski definition) is 3. The first-order valence-electron chi connectivity index (χ1n) is 7.91. The SMILES string of the molecule is COC(O)C(C)C(C)CC(C(=O)N1CCC(F)C1)C(C)C. The topological polar surface area (TPSA) is 49.8 Å². The first kappa shape index (κ1) is 18.4. The summed E-state index contributed by atoms with van der Waals surface area (Å²) in [5.41, 5.74) is 0. The summed E-state index contributed by atoms with van der Waals surface area (Å²) in [6.45, 7) is 8.75. The second kappa shape index (κ2) is 8.08. The molecule has 0 aromatic carbocycles. The minimum Gasteiger partial charge on any atom is -0.368 e. The number of halogens is 1. The lowest BCUT2D eigenvalue weighted by Gasteiger charge is -2.31. The van der Waals surface area contributed by atoms with E-state index < -0.39 is 12.5 Å². The monoisotopic (exact) mass is 303 g/mol. The molecule has 0 aromatic rings. The Balaban J connectivity index is 2.67. The van der Waals surface area contributed by atoms with Gasteiger partial charge in [0, 0.05) is 25.5 Å². The molecule has 0 saturated carbocycles. The summed E-state index contributed by atoms with van der Waals surface area (Å²) >= 11 is 0. The molecule has 0 radical (unpaired) electrons. The number of carbonyl (C=O) groups is 1. The van der Waals surface area contributed by atoms with Gasteiger partial charge in [0.2, 0.25) is 5.91 Å². The van der Waals surface area contributed by atoms with Crippen LogP contribution >= 0.6 is 0 Å². The Morgan fingerprint density at radius 1 is 1.38 bits per heavy atom. The summed E-state index contributed by atoms with van der Waals surface area (Å²) < 4.78 is 18.3. The third-order valence-electron chi connectivity index (χ3n) is 4.78. The lowest BCUT2D eigenvalue weighted by atomic mass is 9.81. The smallest absolute Gasteiger partial charge is 0.226 e. The summed E-state index contributed by atoms with van der Waals surface area (Å²) in [5, 5.41) is 9.77. The minimum absolute atomic E-state index is 0.0449. The Morgan fingerprint density at radius 2 is 2.00 bits per heavy atom. The van der Waals surface area contributed by atoms with Crippen molar-refractivity contribution in [1.82, 2.24) is 4.90 Å². The molecule has 0 spiro atoms. The molecule has 0 aromatic heterocycles. The summed E-state index contributed by atoms with van der Waals surface area (Å²) in [7, 11) is 1.48. The number of amides is 1. The van der Waals surface area contributed by atoms with Crippen molar-refractivity contribution in [2.24, 2.45) is 23.7 Å². The molecule has 0 bridgehead atoms. The van der Waals surface area contributed by atoms with Crippen molar-refractivity contribution in [1.29, 1.82) is 0 Å². The molecule has 1 saturated heterocycles. The van der Waals surface area contributed by atoms with Gasteiger partial charge in [0.05, 0.1) is 6.54 Å².